The fourth-order valence-corrected chi connectivity index (χ4v) is 3.98. The standard InChI is InChI=1S/C13H18FNO.C7H6O.C6H14N2/c1-9(15-11-4-2-3-5-11)10-6-7-13(16)12(14)8-10;8-6-7-4-2-1-3-5-7;1-7-6-2-4-8-5-3-6/h6-9,11,15-16H,2-5H2,1H3;1-6H;6-8H,2-5H2,1H3. The summed E-state index contributed by atoms with van der Waals surface area (Å²) in [5.41, 5.74) is 1.62. The van der Waals surface area contributed by atoms with E-state index in [9.17, 15) is 9.18 Å². The maximum Gasteiger partial charge on any atom is 0.165 e. The van der Waals surface area contributed by atoms with E-state index in [4.69, 9.17) is 5.11 Å². The molecule has 0 aromatic heterocycles. The van der Waals surface area contributed by atoms with Crippen LogP contribution in [0.3, 0.4) is 0 Å². The highest BCUT2D eigenvalue weighted by Crippen LogP contribution is 2.24. The van der Waals surface area contributed by atoms with E-state index in [-0.39, 0.29) is 11.8 Å². The Morgan fingerprint density at radius 3 is 2.19 bits per heavy atom. The number of aldehydes is 1. The molecule has 1 saturated carbocycles. The lowest BCUT2D eigenvalue weighted by molar-refractivity contribution is 0.112. The maximum absolute atomic E-state index is 13.2. The molecule has 0 bridgehead atoms. The lowest BCUT2D eigenvalue weighted by atomic mass is 10.1. The first kappa shape index (κ1) is 26.0. The van der Waals surface area contributed by atoms with Gasteiger partial charge in [0.05, 0.1) is 0 Å². The average Bonchev–Trinajstić information content (AvgIpc) is 3.35. The Balaban J connectivity index is 0.000000190. The topological polar surface area (TPSA) is 73.4 Å². The van der Waals surface area contributed by atoms with Crippen molar-refractivity contribution in [2.75, 3.05) is 20.1 Å². The minimum Gasteiger partial charge on any atom is -0.505 e. The molecule has 1 aliphatic carbocycles. The van der Waals surface area contributed by atoms with Crippen molar-refractivity contribution in [3.8, 4) is 5.75 Å². The third-order valence-corrected chi connectivity index (χ3v) is 6.00. The van der Waals surface area contributed by atoms with Crippen molar-refractivity contribution in [1.82, 2.24) is 16.0 Å². The van der Waals surface area contributed by atoms with Crippen LogP contribution < -0.4 is 16.0 Å². The van der Waals surface area contributed by atoms with Gasteiger partial charge in [-0.1, -0.05) is 49.2 Å². The molecule has 2 aromatic rings. The number of halogens is 1. The fourth-order valence-electron chi connectivity index (χ4n) is 3.98. The predicted molar refractivity (Wildman–Crippen MR) is 129 cm³/mol. The SMILES string of the molecule is CC(NC1CCCC1)c1ccc(O)c(F)c1.CNC1CCNCC1.O=Cc1ccccc1. The molecule has 176 valence electrons. The van der Waals surface area contributed by atoms with Gasteiger partial charge in [-0.15, -0.1) is 0 Å². The number of phenolic OH excluding ortho intramolecular Hbond substituents is 1. The zero-order valence-electron chi connectivity index (χ0n) is 19.3. The van der Waals surface area contributed by atoms with Crippen LogP contribution in [0, 0.1) is 5.82 Å². The van der Waals surface area contributed by atoms with E-state index in [0.29, 0.717) is 6.04 Å². The van der Waals surface area contributed by atoms with Crippen LogP contribution in [0.15, 0.2) is 48.5 Å². The molecule has 2 aromatic carbocycles. The van der Waals surface area contributed by atoms with Crippen molar-refractivity contribution in [3.05, 3.63) is 65.5 Å². The first-order valence-electron chi connectivity index (χ1n) is 11.7. The predicted octanol–water partition coefficient (Wildman–Crippen LogP) is 4.58. The molecular weight excluding hydrogens is 405 g/mol. The van der Waals surface area contributed by atoms with Gasteiger partial charge in [0, 0.05) is 23.7 Å². The number of piperidine rings is 1. The number of hydrogen-bond donors (Lipinski definition) is 4. The van der Waals surface area contributed by atoms with E-state index in [1.807, 2.05) is 32.2 Å². The van der Waals surface area contributed by atoms with Crippen LogP contribution in [0.4, 0.5) is 4.39 Å². The molecule has 1 aliphatic heterocycles. The first-order chi connectivity index (χ1) is 15.5. The molecule has 32 heavy (non-hydrogen) atoms. The summed E-state index contributed by atoms with van der Waals surface area (Å²) in [4.78, 5) is 10.0. The molecule has 1 saturated heterocycles. The van der Waals surface area contributed by atoms with Gasteiger partial charge in [-0.2, -0.15) is 0 Å². The quantitative estimate of drug-likeness (QED) is 0.509. The summed E-state index contributed by atoms with van der Waals surface area (Å²) in [6.45, 7) is 4.40. The van der Waals surface area contributed by atoms with E-state index in [1.165, 1.54) is 63.7 Å². The third kappa shape index (κ3) is 9.47. The Bertz CT molecular complexity index is 776. The number of hydrogen-bond acceptors (Lipinski definition) is 5. The van der Waals surface area contributed by atoms with Gasteiger partial charge in [0.25, 0.3) is 0 Å². The van der Waals surface area contributed by atoms with Gasteiger partial charge in [-0.05, 0) is 70.4 Å². The van der Waals surface area contributed by atoms with Crippen LogP contribution in [-0.2, 0) is 0 Å². The first-order valence-corrected chi connectivity index (χ1v) is 11.7. The molecule has 4 rings (SSSR count). The monoisotopic (exact) mass is 443 g/mol. The summed E-state index contributed by atoms with van der Waals surface area (Å²) in [7, 11) is 2.04. The second-order valence-electron chi connectivity index (χ2n) is 8.42. The van der Waals surface area contributed by atoms with E-state index in [1.54, 1.807) is 18.2 Å². The number of carbonyl (C=O) groups is 1. The van der Waals surface area contributed by atoms with Gasteiger partial charge in [-0.25, -0.2) is 4.39 Å². The Morgan fingerprint density at radius 2 is 1.69 bits per heavy atom. The maximum atomic E-state index is 13.2. The van der Waals surface area contributed by atoms with E-state index in [0.717, 1.165) is 23.5 Å². The van der Waals surface area contributed by atoms with Crippen molar-refractivity contribution in [2.24, 2.45) is 0 Å². The average molecular weight is 444 g/mol. The normalized spacial score (nSPS) is 17.5. The number of nitrogens with one attached hydrogen (secondary N) is 3. The molecule has 6 heteroatoms. The van der Waals surface area contributed by atoms with Crippen LogP contribution in [0.25, 0.3) is 0 Å². The van der Waals surface area contributed by atoms with Crippen LogP contribution in [-0.4, -0.2) is 43.6 Å². The second-order valence-corrected chi connectivity index (χ2v) is 8.42. The molecule has 1 heterocycles. The zero-order chi connectivity index (χ0) is 23.2. The summed E-state index contributed by atoms with van der Waals surface area (Å²) >= 11 is 0. The van der Waals surface area contributed by atoms with E-state index < -0.39 is 5.82 Å². The third-order valence-electron chi connectivity index (χ3n) is 6.00. The van der Waals surface area contributed by atoms with Gasteiger partial charge in [0.2, 0.25) is 0 Å². The van der Waals surface area contributed by atoms with Crippen LogP contribution >= 0.6 is 0 Å². The van der Waals surface area contributed by atoms with Gasteiger partial charge < -0.3 is 21.1 Å². The molecule has 1 atom stereocenters. The number of carbonyl (C=O) groups excluding carboxylic acids is 1. The lowest BCUT2D eigenvalue weighted by Crippen LogP contribution is -2.37. The summed E-state index contributed by atoms with van der Waals surface area (Å²) in [6, 6.07) is 15.2. The van der Waals surface area contributed by atoms with Crippen LogP contribution in [0.1, 0.15) is 67.4 Å². The fraction of sp³-hybridized carbons (Fsp3) is 0.500. The Morgan fingerprint density at radius 1 is 1.03 bits per heavy atom. The van der Waals surface area contributed by atoms with Crippen LogP contribution in [0.5, 0.6) is 5.75 Å². The molecule has 5 nitrogen and oxygen atoms in total. The summed E-state index contributed by atoms with van der Waals surface area (Å²) in [5.74, 6) is -0.825. The van der Waals surface area contributed by atoms with Crippen molar-refractivity contribution < 1.29 is 14.3 Å². The number of rotatable bonds is 5. The smallest absolute Gasteiger partial charge is 0.165 e. The molecule has 0 spiro atoms. The second kappa shape index (κ2) is 14.7. The summed E-state index contributed by atoms with van der Waals surface area (Å²) in [6.07, 6.45) is 8.41. The molecule has 2 fully saturated rings. The van der Waals surface area contributed by atoms with Crippen molar-refractivity contribution >= 4 is 6.29 Å². The zero-order valence-corrected chi connectivity index (χ0v) is 19.3. The van der Waals surface area contributed by atoms with Gasteiger partial charge >= 0.3 is 0 Å². The molecular formula is C26H38FN3O2. The highest BCUT2D eigenvalue weighted by atomic mass is 19.1. The molecule has 2 aliphatic rings. The van der Waals surface area contributed by atoms with E-state index >= 15 is 0 Å². The minimum atomic E-state index is -0.544. The Hall–Kier alpha value is -2.28. The Kier molecular flexibility index (Phi) is 11.9. The Labute approximate surface area is 191 Å². The highest BCUT2D eigenvalue weighted by molar-refractivity contribution is 5.74. The molecule has 0 radical (unpaired) electrons. The molecule has 0 amide bonds. The number of aromatic hydroxyl groups is 1. The van der Waals surface area contributed by atoms with Crippen LogP contribution in [0.2, 0.25) is 0 Å². The van der Waals surface area contributed by atoms with Crippen molar-refractivity contribution in [3.63, 3.8) is 0 Å². The molecule has 1 unspecified atom stereocenters. The van der Waals surface area contributed by atoms with Crippen molar-refractivity contribution in [1.29, 1.82) is 0 Å². The molecule has 4 N–H and O–H groups in total. The van der Waals surface area contributed by atoms with E-state index in [2.05, 4.69) is 16.0 Å². The highest BCUT2D eigenvalue weighted by Gasteiger charge is 2.18. The summed E-state index contributed by atoms with van der Waals surface area (Å²) < 4.78 is 13.2. The van der Waals surface area contributed by atoms with Crippen molar-refractivity contribution in [2.45, 2.75) is 63.6 Å². The lowest BCUT2D eigenvalue weighted by Gasteiger charge is -2.21. The van der Waals surface area contributed by atoms with Gasteiger partial charge in [0.15, 0.2) is 11.6 Å². The summed E-state index contributed by atoms with van der Waals surface area (Å²) in [5, 5.41) is 19.2. The number of benzene rings is 2. The van der Waals surface area contributed by atoms with Gasteiger partial charge in [0.1, 0.15) is 6.29 Å². The minimum absolute atomic E-state index is 0.137. The number of phenols is 1. The van der Waals surface area contributed by atoms with Gasteiger partial charge in [-0.3, -0.25) is 4.79 Å². The largest absolute Gasteiger partial charge is 0.505 e.